The Morgan fingerprint density at radius 3 is 2.48 bits per heavy atom. The third-order valence-corrected chi connectivity index (χ3v) is 3.48. The predicted molar refractivity (Wildman–Crippen MR) is 75.9 cm³/mol. The highest BCUT2D eigenvalue weighted by Crippen LogP contribution is 2.23. The van der Waals surface area contributed by atoms with Gasteiger partial charge in [-0.2, -0.15) is 0 Å². The van der Waals surface area contributed by atoms with Crippen LogP contribution in [0.5, 0.6) is 0 Å². The van der Waals surface area contributed by atoms with Crippen LogP contribution in [-0.4, -0.2) is 11.7 Å². The highest BCUT2D eigenvalue weighted by atomic mass is 19.1. The topological polar surface area (TPSA) is 45.4 Å². The van der Waals surface area contributed by atoms with Crippen LogP contribution in [0.1, 0.15) is 41.7 Å². The molecule has 2 unspecified atom stereocenters. The fourth-order valence-electron chi connectivity index (χ4n) is 2.36. The molecule has 2 aromatic rings. The highest BCUT2D eigenvalue weighted by molar-refractivity contribution is 5.24. The molecule has 0 amide bonds. The van der Waals surface area contributed by atoms with Crippen LogP contribution in [0.4, 0.5) is 8.78 Å². The summed E-state index contributed by atoms with van der Waals surface area (Å²) in [6.45, 7) is 5.83. The van der Waals surface area contributed by atoms with Crippen molar-refractivity contribution in [2.45, 2.75) is 32.9 Å². The van der Waals surface area contributed by atoms with Crippen molar-refractivity contribution in [1.29, 1.82) is 0 Å². The fraction of sp³-hybridized carbons (Fsp3) is 0.375. The van der Waals surface area contributed by atoms with E-state index in [0.717, 1.165) is 29.2 Å². The maximum absolute atomic E-state index is 13.6. The zero-order valence-corrected chi connectivity index (χ0v) is 12.3. The lowest BCUT2D eigenvalue weighted by molar-refractivity contribution is 0.166. The third kappa shape index (κ3) is 3.68. The molecule has 2 N–H and O–H groups in total. The molecule has 0 saturated heterocycles. The number of nitrogens with one attached hydrogen (secondary N) is 1. The first-order chi connectivity index (χ1) is 9.88. The quantitative estimate of drug-likeness (QED) is 0.886. The van der Waals surface area contributed by atoms with Gasteiger partial charge in [0.1, 0.15) is 23.2 Å². The zero-order valence-electron chi connectivity index (χ0n) is 12.3. The minimum atomic E-state index is -1.04. The minimum Gasteiger partial charge on any atom is -0.466 e. The molecule has 5 heteroatoms. The summed E-state index contributed by atoms with van der Waals surface area (Å²) in [5.74, 6) is 0.234. The van der Waals surface area contributed by atoms with Crippen LogP contribution in [0.3, 0.4) is 0 Å². The molecule has 21 heavy (non-hydrogen) atoms. The van der Waals surface area contributed by atoms with Gasteiger partial charge in [-0.05, 0) is 32.9 Å². The number of aliphatic hydroxyl groups excluding tert-OH is 1. The van der Waals surface area contributed by atoms with Gasteiger partial charge in [0.25, 0.3) is 0 Å². The van der Waals surface area contributed by atoms with E-state index in [1.165, 1.54) is 6.07 Å². The summed E-state index contributed by atoms with van der Waals surface area (Å²) in [7, 11) is 0. The van der Waals surface area contributed by atoms with Gasteiger partial charge in [0.2, 0.25) is 0 Å². The molecule has 1 aromatic heterocycles. The molecule has 3 nitrogen and oxygen atoms in total. The number of hydrogen-bond acceptors (Lipinski definition) is 3. The molecular weight excluding hydrogens is 276 g/mol. The van der Waals surface area contributed by atoms with Gasteiger partial charge in [-0.1, -0.05) is 6.07 Å². The summed E-state index contributed by atoms with van der Waals surface area (Å²) in [5.41, 5.74) is 1.08. The van der Waals surface area contributed by atoms with E-state index in [-0.39, 0.29) is 18.2 Å². The van der Waals surface area contributed by atoms with Crippen LogP contribution in [0, 0.1) is 25.5 Å². The largest absolute Gasteiger partial charge is 0.466 e. The number of furan rings is 1. The molecule has 1 aromatic carbocycles. The van der Waals surface area contributed by atoms with Crippen LogP contribution in [0.15, 0.2) is 28.7 Å². The van der Waals surface area contributed by atoms with Crippen LogP contribution in [0.2, 0.25) is 0 Å². The second-order valence-corrected chi connectivity index (χ2v) is 5.18. The second-order valence-electron chi connectivity index (χ2n) is 5.18. The second kappa shape index (κ2) is 6.37. The van der Waals surface area contributed by atoms with Crippen molar-refractivity contribution in [3.05, 3.63) is 58.5 Å². The minimum absolute atomic E-state index is 0.0411. The van der Waals surface area contributed by atoms with Gasteiger partial charge in [0.05, 0.1) is 6.10 Å². The van der Waals surface area contributed by atoms with Crippen molar-refractivity contribution in [3.63, 3.8) is 0 Å². The highest BCUT2D eigenvalue weighted by Gasteiger charge is 2.17. The van der Waals surface area contributed by atoms with Gasteiger partial charge in [0.15, 0.2) is 0 Å². The Hall–Kier alpha value is -1.72. The SMILES string of the molecule is Cc1cc(C(C)NCC(O)c2ccc(F)cc2F)c(C)o1. The number of benzene rings is 1. The lowest BCUT2D eigenvalue weighted by atomic mass is 10.1. The number of aryl methyl sites for hydroxylation is 2. The van der Waals surface area contributed by atoms with Gasteiger partial charge in [-0.3, -0.25) is 0 Å². The number of aliphatic hydroxyl groups is 1. The van der Waals surface area contributed by atoms with E-state index >= 15 is 0 Å². The van der Waals surface area contributed by atoms with Crippen molar-refractivity contribution in [3.8, 4) is 0 Å². The summed E-state index contributed by atoms with van der Waals surface area (Å²) in [6.07, 6.45) is -1.04. The Morgan fingerprint density at radius 2 is 1.90 bits per heavy atom. The van der Waals surface area contributed by atoms with Crippen molar-refractivity contribution in [1.82, 2.24) is 5.32 Å². The van der Waals surface area contributed by atoms with E-state index in [1.807, 2.05) is 26.8 Å². The number of rotatable bonds is 5. The first-order valence-electron chi connectivity index (χ1n) is 6.81. The van der Waals surface area contributed by atoms with Crippen molar-refractivity contribution < 1.29 is 18.3 Å². The smallest absolute Gasteiger partial charge is 0.131 e. The summed E-state index contributed by atoms with van der Waals surface area (Å²) >= 11 is 0. The number of halogens is 2. The van der Waals surface area contributed by atoms with Crippen LogP contribution < -0.4 is 5.32 Å². The standard InChI is InChI=1S/C16H19F2NO2/c1-9-6-14(11(3)21-9)10(2)19-8-16(20)13-5-4-12(17)7-15(13)18/h4-7,10,16,19-20H,8H2,1-3H3. The Morgan fingerprint density at radius 1 is 1.19 bits per heavy atom. The van der Waals surface area contributed by atoms with Crippen LogP contribution in [-0.2, 0) is 0 Å². The molecule has 0 fully saturated rings. The van der Waals surface area contributed by atoms with Crippen molar-refractivity contribution in [2.75, 3.05) is 6.54 Å². The molecule has 0 radical (unpaired) electrons. The van der Waals surface area contributed by atoms with E-state index < -0.39 is 17.7 Å². The maximum atomic E-state index is 13.6. The zero-order chi connectivity index (χ0) is 15.6. The third-order valence-electron chi connectivity index (χ3n) is 3.48. The summed E-state index contributed by atoms with van der Waals surface area (Å²) in [4.78, 5) is 0. The van der Waals surface area contributed by atoms with E-state index in [0.29, 0.717) is 0 Å². The van der Waals surface area contributed by atoms with Gasteiger partial charge in [-0.15, -0.1) is 0 Å². The summed E-state index contributed by atoms with van der Waals surface area (Å²) < 4.78 is 31.9. The molecule has 114 valence electrons. The van der Waals surface area contributed by atoms with E-state index in [4.69, 9.17) is 4.42 Å². The fourth-order valence-corrected chi connectivity index (χ4v) is 2.36. The number of hydrogen-bond donors (Lipinski definition) is 2. The van der Waals surface area contributed by atoms with Gasteiger partial charge < -0.3 is 14.8 Å². The molecule has 0 saturated carbocycles. The van der Waals surface area contributed by atoms with Crippen LogP contribution >= 0.6 is 0 Å². The first kappa shape index (κ1) is 15.7. The van der Waals surface area contributed by atoms with E-state index in [9.17, 15) is 13.9 Å². The van der Waals surface area contributed by atoms with Gasteiger partial charge in [-0.25, -0.2) is 8.78 Å². The van der Waals surface area contributed by atoms with E-state index in [2.05, 4.69) is 5.32 Å². The Bertz CT molecular complexity index is 625. The maximum Gasteiger partial charge on any atom is 0.131 e. The Labute approximate surface area is 122 Å². The molecule has 0 aliphatic rings. The molecule has 2 rings (SSSR count). The monoisotopic (exact) mass is 295 g/mol. The summed E-state index contributed by atoms with van der Waals surface area (Å²) in [6, 6.07) is 5.05. The summed E-state index contributed by atoms with van der Waals surface area (Å²) in [5, 5.41) is 13.1. The lowest BCUT2D eigenvalue weighted by Crippen LogP contribution is -2.25. The molecule has 0 spiro atoms. The van der Waals surface area contributed by atoms with Gasteiger partial charge in [0, 0.05) is 29.8 Å². The normalized spacial score (nSPS) is 14.2. The van der Waals surface area contributed by atoms with Crippen molar-refractivity contribution >= 4 is 0 Å². The van der Waals surface area contributed by atoms with Crippen molar-refractivity contribution in [2.24, 2.45) is 0 Å². The van der Waals surface area contributed by atoms with E-state index in [1.54, 1.807) is 0 Å². The molecule has 1 heterocycles. The Balaban J connectivity index is 2.00. The molecule has 2 atom stereocenters. The Kier molecular flexibility index (Phi) is 4.75. The lowest BCUT2D eigenvalue weighted by Gasteiger charge is -2.17. The average molecular weight is 295 g/mol. The van der Waals surface area contributed by atoms with Crippen LogP contribution in [0.25, 0.3) is 0 Å². The predicted octanol–water partition coefficient (Wildman–Crippen LogP) is 3.56. The first-order valence-corrected chi connectivity index (χ1v) is 6.81. The molecule has 0 aliphatic carbocycles. The molecular formula is C16H19F2NO2. The molecule has 0 aliphatic heterocycles. The average Bonchev–Trinajstić information content (AvgIpc) is 2.74. The van der Waals surface area contributed by atoms with Gasteiger partial charge >= 0.3 is 0 Å². The molecule has 0 bridgehead atoms.